The Morgan fingerprint density at radius 1 is 1.05 bits per heavy atom. The second-order valence-corrected chi connectivity index (χ2v) is 12.3. The summed E-state index contributed by atoms with van der Waals surface area (Å²) < 4.78 is 28.7. The summed E-state index contributed by atoms with van der Waals surface area (Å²) in [7, 11) is -2.88. The van der Waals surface area contributed by atoms with E-state index in [-0.39, 0.29) is 32.7 Å². The minimum Gasteiger partial charge on any atom is -0.478 e. The largest absolute Gasteiger partial charge is 0.478 e. The Kier molecular flexibility index (Phi) is 6.84. The van der Waals surface area contributed by atoms with Crippen LogP contribution >= 0.6 is 23.2 Å². The van der Waals surface area contributed by atoms with Crippen LogP contribution in [0.5, 0.6) is 0 Å². The number of imide groups is 1. The van der Waals surface area contributed by atoms with Gasteiger partial charge in [0, 0.05) is 36.1 Å². The third-order valence-electron chi connectivity index (χ3n) is 7.30. The molecular weight excluding hydrogens is 579 g/mol. The molecular formula is C27H20Cl2N4O6S. The summed E-state index contributed by atoms with van der Waals surface area (Å²) in [5.74, 6) is -2.80. The van der Waals surface area contributed by atoms with E-state index < -0.39 is 45.9 Å². The van der Waals surface area contributed by atoms with Gasteiger partial charge >= 0.3 is 12.0 Å². The summed E-state index contributed by atoms with van der Waals surface area (Å²) in [6.07, 6.45) is 0. The average Bonchev–Trinajstić information content (AvgIpc) is 3.42. The van der Waals surface area contributed by atoms with Crippen LogP contribution in [-0.2, 0) is 14.8 Å². The molecule has 0 saturated carbocycles. The van der Waals surface area contributed by atoms with Crippen LogP contribution in [0.4, 0.5) is 10.5 Å². The zero-order valence-corrected chi connectivity index (χ0v) is 23.1. The summed E-state index contributed by atoms with van der Waals surface area (Å²) in [4.78, 5) is 41.2. The number of nitrogens with zero attached hydrogens (tertiary/aromatic N) is 4. The summed E-state index contributed by atoms with van der Waals surface area (Å²) in [6, 6.07) is 16.8. The number of halogens is 2. The van der Waals surface area contributed by atoms with Crippen LogP contribution in [0.15, 0.2) is 71.6 Å². The number of nitriles is 1. The normalized spacial score (nSPS) is 21.3. The molecule has 1 spiro atoms. The molecule has 5 rings (SSSR count). The second-order valence-electron chi connectivity index (χ2n) is 9.45. The molecule has 2 unspecified atom stereocenters. The number of likely N-dealkylation sites (N-methyl/N-ethyl adjacent to an activating group) is 1. The SMILES string of the molecule is CN1C(=O)N(c2cc(Cl)cc(Cl)c2)C(=O)C12CN(S(=O)(=O)c1cccc(C(=O)O)c1)CC2c1ccc(C#N)cc1. The number of carboxylic acids is 1. The number of sulfonamides is 1. The van der Waals surface area contributed by atoms with Gasteiger partial charge in [0.15, 0.2) is 0 Å². The predicted molar refractivity (Wildman–Crippen MR) is 146 cm³/mol. The first-order valence-corrected chi connectivity index (χ1v) is 14.0. The number of hydrogen-bond donors (Lipinski definition) is 1. The Morgan fingerprint density at radius 2 is 1.70 bits per heavy atom. The molecule has 2 atom stereocenters. The van der Waals surface area contributed by atoms with Gasteiger partial charge in [0.25, 0.3) is 5.91 Å². The van der Waals surface area contributed by atoms with Crippen molar-refractivity contribution in [2.45, 2.75) is 16.4 Å². The lowest BCUT2D eigenvalue weighted by atomic mass is 9.80. The average molecular weight is 599 g/mol. The first kappa shape index (κ1) is 27.6. The number of rotatable bonds is 5. The summed E-state index contributed by atoms with van der Waals surface area (Å²) in [6.45, 7) is -0.595. The molecule has 3 aromatic rings. The van der Waals surface area contributed by atoms with Gasteiger partial charge in [0.05, 0.1) is 27.8 Å². The van der Waals surface area contributed by atoms with Crippen molar-refractivity contribution in [3.63, 3.8) is 0 Å². The zero-order chi connectivity index (χ0) is 29.0. The molecule has 0 radical (unpaired) electrons. The molecule has 2 saturated heterocycles. The van der Waals surface area contributed by atoms with Crippen LogP contribution in [0.2, 0.25) is 10.0 Å². The first-order valence-electron chi connectivity index (χ1n) is 11.8. The van der Waals surface area contributed by atoms with Crippen molar-refractivity contribution in [2.75, 3.05) is 25.0 Å². The molecule has 10 nitrogen and oxygen atoms in total. The van der Waals surface area contributed by atoms with E-state index in [1.807, 2.05) is 6.07 Å². The number of urea groups is 1. The Hall–Kier alpha value is -3.95. The summed E-state index contributed by atoms with van der Waals surface area (Å²) in [5.41, 5.74) is -0.854. The minimum atomic E-state index is -4.31. The van der Waals surface area contributed by atoms with Crippen LogP contribution in [0, 0.1) is 11.3 Å². The monoisotopic (exact) mass is 598 g/mol. The van der Waals surface area contributed by atoms with E-state index in [0.717, 1.165) is 15.3 Å². The highest BCUT2D eigenvalue weighted by Crippen LogP contribution is 2.48. The molecule has 1 N–H and O–H groups in total. The quantitative estimate of drug-likeness (QED) is 0.434. The van der Waals surface area contributed by atoms with Gasteiger partial charge in [-0.25, -0.2) is 22.9 Å². The van der Waals surface area contributed by atoms with Gasteiger partial charge in [0.1, 0.15) is 5.54 Å². The zero-order valence-electron chi connectivity index (χ0n) is 20.8. The Balaban J connectivity index is 1.65. The van der Waals surface area contributed by atoms with Crippen molar-refractivity contribution in [1.82, 2.24) is 9.21 Å². The Labute approximate surface area is 239 Å². The third kappa shape index (κ3) is 4.30. The number of carboxylic acid groups (broad SMARTS) is 1. The van der Waals surface area contributed by atoms with E-state index in [9.17, 15) is 33.2 Å². The molecule has 2 fully saturated rings. The highest BCUT2D eigenvalue weighted by atomic mass is 35.5. The molecule has 3 aromatic carbocycles. The van der Waals surface area contributed by atoms with Gasteiger partial charge in [0.2, 0.25) is 10.0 Å². The van der Waals surface area contributed by atoms with Crippen LogP contribution in [0.25, 0.3) is 0 Å². The second kappa shape index (κ2) is 9.91. The van der Waals surface area contributed by atoms with E-state index in [1.54, 1.807) is 24.3 Å². The van der Waals surface area contributed by atoms with Crippen LogP contribution < -0.4 is 4.90 Å². The van der Waals surface area contributed by atoms with E-state index in [4.69, 9.17) is 23.2 Å². The molecule has 204 valence electrons. The van der Waals surface area contributed by atoms with Crippen LogP contribution in [0.1, 0.15) is 27.4 Å². The number of hydrogen-bond acceptors (Lipinski definition) is 6. The summed E-state index contributed by atoms with van der Waals surface area (Å²) in [5, 5.41) is 19.0. The van der Waals surface area contributed by atoms with Crippen molar-refractivity contribution in [3.8, 4) is 6.07 Å². The Morgan fingerprint density at radius 3 is 2.30 bits per heavy atom. The topological polar surface area (TPSA) is 139 Å². The number of carbonyl (C=O) groups excluding carboxylic acids is 2. The van der Waals surface area contributed by atoms with Crippen molar-refractivity contribution >= 4 is 56.8 Å². The van der Waals surface area contributed by atoms with E-state index in [2.05, 4.69) is 0 Å². The molecule has 0 bridgehead atoms. The van der Waals surface area contributed by atoms with E-state index in [1.165, 1.54) is 48.3 Å². The fourth-order valence-electron chi connectivity index (χ4n) is 5.29. The van der Waals surface area contributed by atoms with Gasteiger partial charge in [-0.15, -0.1) is 0 Å². The van der Waals surface area contributed by atoms with Gasteiger partial charge in [-0.1, -0.05) is 41.4 Å². The number of anilines is 1. The highest BCUT2D eigenvalue weighted by Gasteiger charge is 2.65. The van der Waals surface area contributed by atoms with E-state index >= 15 is 0 Å². The lowest BCUT2D eigenvalue weighted by Crippen LogP contribution is -2.54. The lowest BCUT2D eigenvalue weighted by molar-refractivity contribution is -0.124. The molecule has 40 heavy (non-hydrogen) atoms. The standard InChI is InChI=1S/C27H20Cl2N4O6S/c1-31-26(37)33(21-11-19(28)10-20(29)12-21)25(36)27(31)15-32(14-23(27)17-7-5-16(13-30)6-8-17)40(38,39)22-4-2-3-18(9-22)24(34)35/h2-12,23H,14-15H2,1H3,(H,34,35). The highest BCUT2D eigenvalue weighted by molar-refractivity contribution is 7.89. The van der Waals surface area contributed by atoms with Crippen LogP contribution in [0.3, 0.4) is 0 Å². The molecule has 3 amide bonds. The number of aromatic carboxylic acids is 1. The molecule has 0 aliphatic carbocycles. The molecule has 0 aromatic heterocycles. The lowest BCUT2D eigenvalue weighted by Gasteiger charge is -2.33. The fraction of sp³-hybridized carbons (Fsp3) is 0.185. The maximum Gasteiger partial charge on any atom is 0.335 e. The van der Waals surface area contributed by atoms with Gasteiger partial charge in [-0.05, 0) is 54.1 Å². The fourth-order valence-corrected chi connectivity index (χ4v) is 7.34. The number of carbonyl (C=O) groups is 3. The number of amides is 3. The van der Waals surface area contributed by atoms with Crippen molar-refractivity contribution in [1.29, 1.82) is 5.26 Å². The minimum absolute atomic E-state index is 0.130. The molecule has 13 heteroatoms. The van der Waals surface area contributed by atoms with Gasteiger partial charge < -0.3 is 10.0 Å². The smallest absolute Gasteiger partial charge is 0.335 e. The maximum atomic E-state index is 14.3. The molecule has 2 aliphatic heterocycles. The van der Waals surface area contributed by atoms with Crippen molar-refractivity contribution in [3.05, 3.63) is 93.5 Å². The van der Waals surface area contributed by atoms with Crippen LogP contribution in [-0.4, -0.2) is 66.3 Å². The summed E-state index contributed by atoms with van der Waals surface area (Å²) >= 11 is 12.3. The van der Waals surface area contributed by atoms with Gasteiger partial charge in [-0.3, -0.25) is 4.79 Å². The van der Waals surface area contributed by atoms with E-state index in [0.29, 0.717) is 11.1 Å². The predicted octanol–water partition coefficient (Wildman–Crippen LogP) is 4.19. The van der Waals surface area contributed by atoms with Gasteiger partial charge in [-0.2, -0.15) is 9.57 Å². The number of benzene rings is 3. The maximum absolute atomic E-state index is 14.3. The Bertz CT molecular complexity index is 1700. The third-order valence-corrected chi connectivity index (χ3v) is 9.54. The van der Waals surface area contributed by atoms with Crippen molar-refractivity contribution < 1.29 is 27.9 Å². The molecule has 2 aliphatic rings. The first-order chi connectivity index (χ1) is 18.9. The molecule has 2 heterocycles. The van der Waals surface area contributed by atoms with Crippen molar-refractivity contribution in [2.24, 2.45) is 0 Å².